The van der Waals surface area contributed by atoms with Gasteiger partial charge in [-0.3, -0.25) is 9.88 Å². The first-order valence-corrected chi connectivity index (χ1v) is 17.1. The molecule has 0 saturated carbocycles. The van der Waals surface area contributed by atoms with E-state index in [9.17, 15) is 9.50 Å². The summed E-state index contributed by atoms with van der Waals surface area (Å²) in [4.78, 5) is 18.2. The Morgan fingerprint density at radius 1 is 1.12 bits per heavy atom. The molecule has 4 atom stereocenters. The lowest BCUT2D eigenvalue weighted by molar-refractivity contribution is 0.0973. The second-order valence-corrected chi connectivity index (χ2v) is 14.2. The third-order valence-electron chi connectivity index (χ3n) is 11.5. The van der Waals surface area contributed by atoms with E-state index in [1.165, 1.54) is 18.2 Å². The number of aryl methyl sites for hydroxylation is 1. The average molecular weight is 663 g/mol. The van der Waals surface area contributed by atoms with Gasteiger partial charge in [-0.2, -0.15) is 9.97 Å². The van der Waals surface area contributed by atoms with Gasteiger partial charge in [0.25, 0.3) is 0 Å². The minimum atomic E-state index is -0.919. The Hall–Kier alpha value is -3.74. The molecule has 48 heavy (non-hydrogen) atoms. The van der Waals surface area contributed by atoms with Gasteiger partial charge in [0.1, 0.15) is 41.4 Å². The number of rotatable bonds is 6. The Labute approximate surface area is 277 Å². The lowest BCUT2D eigenvalue weighted by Crippen LogP contribution is -2.50. The second-order valence-electron chi connectivity index (χ2n) is 14.2. The fourth-order valence-electron chi connectivity index (χ4n) is 8.83. The normalized spacial score (nSPS) is 27.0. The van der Waals surface area contributed by atoms with E-state index in [4.69, 9.17) is 20.2 Å². The van der Waals surface area contributed by atoms with Crippen LogP contribution in [0.2, 0.25) is 0 Å². The smallest absolute Gasteiger partial charge is 0.319 e. The number of phenolic OH excluding ortho intramolecular Hbond substituents is 1. The van der Waals surface area contributed by atoms with E-state index in [0.29, 0.717) is 66.6 Å². The van der Waals surface area contributed by atoms with Gasteiger partial charge in [0, 0.05) is 49.3 Å². The maximum absolute atomic E-state index is 16.9. The Morgan fingerprint density at radius 3 is 2.69 bits per heavy atom. The topological polar surface area (TPSA) is 110 Å². The number of ether oxygens (including phenoxy) is 2. The molecule has 4 aliphatic heterocycles. The van der Waals surface area contributed by atoms with Gasteiger partial charge in [-0.25, -0.2) is 13.2 Å². The maximum atomic E-state index is 16.9. The largest absolute Gasteiger partial charge is 0.508 e. The van der Waals surface area contributed by atoms with E-state index < -0.39 is 23.3 Å². The lowest BCUT2D eigenvalue weighted by atomic mass is 9.73. The van der Waals surface area contributed by atoms with Crippen molar-refractivity contribution in [2.75, 3.05) is 44.3 Å². The zero-order valence-electron chi connectivity index (χ0n) is 27.3. The minimum absolute atomic E-state index is 0.00736. The molecule has 0 radical (unpaired) electrons. The molecule has 8 rings (SSSR count). The number of fused-ring (bicyclic) bond motifs is 3. The summed E-state index contributed by atoms with van der Waals surface area (Å²) < 4.78 is 58.7. The summed E-state index contributed by atoms with van der Waals surface area (Å²) >= 11 is 0. The Morgan fingerprint density at radius 2 is 1.94 bits per heavy atom. The van der Waals surface area contributed by atoms with Gasteiger partial charge in [-0.05, 0) is 80.1 Å². The Balaban J connectivity index is 1.23. The van der Waals surface area contributed by atoms with Crippen molar-refractivity contribution in [2.24, 2.45) is 11.1 Å². The van der Waals surface area contributed by atoms with E-state index >= 15 is 8.78 Å². The third kappa shape index (κ3) is 4.97. The first kappa shape index (κ1) is 31.5. The molecule has 2 aromatic heterocycles. The molecule has 2 aromatic carbocycles. The number of nitrogens with zero attached hydrogens (tertiary/aromatic N) is 5. The van der Waals surface area contributed by atoms with Gasteiger partial charge in [-0.15, -0.1) is 0 Å². The molecule has 4 aromatic rings. The Bertz CT molecular complexity index is 1900. The number of anilines is 1. The van der Waals surface area contributed by atoms with Gasteiger partial charge in [0.05, 0.1) is 23.6 Å². The lowest BCUT2D eigenvalue weighted by Gasteiger charge is -2.41. The number of nitrogens with two attached hydrogens (primary N) is 1. The quantitative estimate of drug-likeness (QED) is 0.270. The molecule has 0 aliphatic carbocycles. The number of aromatic nitrogens is 3. The SMILES string of the molecule is CCc1c(F)ccc2cc(O)cc(-c3ncc4c(N5CCC6(CC5)CO[C@@H](C)[C@H]6N)nc(OC[C@@]56CCCN5C[C@H](F)C6)nc4c3F)c12. The van der Waals surface area contributed by atoms with Crippen molar-refractivity contribution in [1.82, 2.24) is 19.9 Å². The summed E-state index contributed by atoms with van der Waals surface area (Å²) in [6.07, 6.45) is 4.69. The van der Waals surface area contributed by atoms with Crippen LogP contribution in [0.15, 0.2) is 30.5 Å². The van der Waals surface area contributed by atoms with Crippen molar-refractivity contribution in [1.29, 1.82) is 0 Å². The standard InChI is InChI=1S/C36H41F3N6O3/c1-3-24-27(38)6-5-21-13-23(46)14-25(28(21)24)30-29(39)31-26(16-41-30)33(44-11-8-35(9-12-44)18-47-20(2)32(35)40)43-34(42-31)48-19-36-7-4-10-45(36)17-22(37)15-36/h5-6,13-14,16,20,22,32,46H,3-4,7-12,15,17-19,40H2,1-2H3/t20-,22+,32+,36-/m0/s1. The predicted octanol–water partition coefficient (Wildman–Crippen LogP) is 5.68. The molecule has 9 nitrogen and oxygen atoms in total. The van der Waals surface area contributed by atoms with Crippen molar-refractivity contribution >= 4 is 27.5 Å². The van der Waals surface area contributed by atoms with E-state index in [1.54, 1.807) is 12.3 Å². The van der Waals surface area contributed by atoms with Crippen LogP contribution >= 0.6 is 0 Å². The molecule has 4 fully saturated rings. The Kier molecular flexibility index (Phi) is 7.68. The van der Waals surface area contributed by atoms with Crippen LogP contribution in [-0.4, -0.2) is 88.2 Å². The highest BCUT2D eigenvalue weighted by Crippen LogP contribution is 2.45. The van der Waals surface area contributed by atoms with Crippen LogP contribution in [0.4, 0.5) is 19.0 Å². The van der Waals surface area contributed by atoms with Crippen molar-refractivity contribution < 1.29 is 27.8 Å². The number of aromatic hydroxyl groups is 1. The summed E-state index contributed by atoms with van der Waals surface area (Å²) in [7, 11) is 0. The molecule has 4 aliphatic rings. The highest BCUT2D eigenvalue weighted by molar-refractivity contribution is 6.01. The summed E-state index contributed by atoms with van der Waals surface area (Å²) in [5, 5.41) is 12.1. The van der Waals surface area contributed by atoms with Gasteiger partial charge in [0.2, 0.25) is 0 Å². The van der Waals surface area contributed by atoms with Crippen LogP contribution in [-0.2, 0) is 11.2 Å². The van der Waals surface area contributed by atoms with Crippen LogP contribution < -0.4 is 15.4 Å². The molecule has 0 amide bonds. The molecular weight excluding hydrogens is 621 g/mol. The first-order chi connectivity index (χ1) is 23.1. The number of piperidine rings is 1. The number of benzene rings is 2. The number of alkyl halides is 1. The van der Waals surface area contributed by atoms with Crippen LogP contribution in [0.25, 0.3) is 32.9 Å². The van der Waals surface area contributed by atoms with E-state index in [2.05, 4.69) is 19.8 Å². The molecule has 12 heteroatoms. The van der Waals surface area contributed by atoms with Gasteiger partial charge in [0.15, 0.2) is 5.82 Å². The molecule has 1 spiro atoms. The fourth-order valence-corrected chi connectivity index (χ4v) is 8.83. The fraction of sp³-hybridized carbons (Fsp3) is 0.528. The maximum Gasteiger partial charge on any atom is 0.319 e. The number of hydrogen-bond acceptors (Lipinski definition) is 9. The van der Waals surface area contributed by atoms with Crippen molar-refractivity contribution in [3.63, 3.8) is 0 Å². The van der Waals surface area contributed by atoms with Crippen molar-refractivity contribution in [3.05, 3.63) is 47.7 Å². The van der Waals surface area contributed by atoms with E-state index in [1.807, 2.05) is 13.8 Å². The molecule has 4 saturated heterocycles. The predicted molar refractivity (Wildman–Crippen MR) is 177 cm³/mol. The summed E-state index contributed by atoms with van der Waals surface area (Å²) in [6, 6.07) is 5.80. The van der Waals surface area contributed by atoms with Crippen molar-refractivity contribution in [3.8, 4) is 23.0 Å². The summed E-state index contributed by atoms with van der Waals surface area (Å²) in [6.45, 7) is 7.08. The van der Waals surface area contributed by atoms with Gasteiger partial charge < -0.3 is 25.2 Å². The number of phenols is 1. The van der Waals surface area contributed by atoms with Gasteiger partial charge in [-0.1, -0.05) is 13.0 Å². The zero-order chi connectivity index (χ0) is 33.4. The van der Waals surface area contributed by atoms with Crippen LogP contribution in [0, 0.1) is 17.0 Å². The van der Waals surface area contributed by atoms with Crippen LogP contribution in [0.3, 0.4) is 0 Å². The van der Waals surface area contributed by atoms with E-state index in [0.717, 1.165) is 32.2 Å². The third-order valence-corrected chi connectivity index (χ3v) is 11.5. The molecule has 0 bridgehead atoms. The molecule has 3 N–H and O–H groups in total. The number of halogens is 3. The molecule has 0 unspecified atom stereocenters. The number of hydrogen-bond donors (Lipinski definition) is 2. The zero-order valence-corrected chi connectivity index (χ0v) is 27.3. The van der Waals surface area contributed by atoms with Gasteiger partial charge >= 0.3 is 6.01 Å². The molecule has 6 heterocycles. The average Bonchev–Trinajstić information content (AvgIpc) is 3.70. The monoisotopic (exact) mass is 662 g/mol. The molecular formula is C36H41F3N6O3. The molecule has 254 valence electrons. The van der Waals surface area contributed by atoms with Crippen LogP contribution in [0.5, 0.6) is 11.8 Å². The van der Waals surface area contributed by atoms with Crippen LogP contribution in [0.1, 0.15) is 51.5 Å². The summed E-state index contributed by atoms with van der Waals surface area (Å²) in [5.41, 5.74) is 6.65. The summed E-state index contributed by atoms with van der Waals surface area (Å²) in [5.74, 6) is -0.725. The minimum Gasteiger partial charge on any atom is -0.508 e. The first-order valence-electron chi connectivity index (χ1n) is 17.1. The van der Waals surface area contributed by atoms with E-state index in [-0.39, 0.29) is 52.7 Å². The second kappa shape index (κ2) is 11.7. The number of pyridine rings is 1. The highest BCUT2D eigenvalue weighted by Gasteiger charge is 2.50. The highest BCUT2D eigenvalue weighted by atomic mass is 19.1. The van der Waals surface area contributed by atoms with Crippen molar-refractivity contribution in [2.45, 2.75) is 76.2 Å².